The highest BCUT2D eigenvalue weighted by Crippen LogP contribution is 2.20. The fourth-order valence-corrected chi connectivity index (χ4v) is 2.65. The van der Waals surface area contributed by atoms with Gasteiger partial charge in [0.15, 0.2) is 0 Å². The molecule has 21 heavy (non-hydrogen) atoms. The number of hydrogen-bond acceptors (Lipinski definition) is 4. The van der Waals surface area contributed by atoms with Crippen LogP contribution in [0.4, 0.5) is 5.82 Å². The molecular formula is C17H21N3O. The lowest BCUT2D eigenvalue weighted by molar-refractivity contribution is 0.0250. The molecule has 2 heterocycles. The van der Waals surface area contributed by atoms with Gasteiger partial charge in [-0.3, -0.25) is 0 Å². The molecule has 4 heteroatoms. The summed E-state index contributed by atoms with van der Waals surface area (Å²) in [5, 5.41) is 0. The third kappa shape index (κ3) is 3.79. The fraction of sp³-hybridized carbons (Fsp3) is 0.412. The predicted molar refractivity (Wildman–Crippen MR) is 83.2 cm³/mol. The van der Waals surface area contributed by atoms with Crippen molar-refractivity contribution in [1.29, 1.82) is 0 Å². The van der Waals surface area contributed by atoms with Crippen LogP contribution in [-0.4, -0.2) is 29.2 Å². The summed E-state index contributed by atoms with van der Waals surface area (Å²) in [6.45, 7) is 4.70. The van der Waals surface area contributed by atoms with E-state index in [1.54, 1.807) is 6.33 Å². The molecule has 1 fully saturated rings. The third-order valence-electron chi connectivity index (χ3n) is 3.88. The lowest BCUT2D eigenvalue weighted by atomic mass is 10.1. The number of benzene rings is 1. The molecule has 0 N–H and O–H groups in total. The van der Waals surface area contributed by atoms with E-state index in [2.05, 4.69) is 39.1 Å². The van der Waals surface area contributed by atoms with Crippen molar-refractivity contribution < 1.29 is 4.74 Å². The van der Waals surface area contributed by atoms with Gasteiger partial charge in [-0.05, 0) is 25.3 Å². The molecule has 110 valence electrons. The Labute approximate surface area is 125 Å². The van der Waals surface area contributed by atoms with Gasteiger partial charge >= 0.3 is 0 Å². The maximum absolute atomic E-state index is 6.02. The first-order chi connectivity index (χ1) is 10.3. The zero-order valence-corrected chi connectivity index (χ0v) is 12.4. The van der Waals surface area contributed by atoms with Gasteiger partial charge in [0, 0.05) is 24.8 Å². The molecule has 0 radical (unpaired) electrons. The molecule has 0 saturated carbocycles. The first kappa shape index (κ1) is 14.0. The summed E-state index contributed by atoms with van der Waals surface area (Å²) in [4.78, 5) is 10.8. The minimum atomic E-state index is 0.351. The number of aryl methyl sites for hydroxylation is 1. The maximum atomic E-state index is 6.02. The number of aromatic nitrogens is 2. The zero-order valence-electron chi connectivity index (χ0n) is 12.4. The van der Waals surface area contributed by atoms with Gasteiger partial charge in [0.1, 0.15) is 12.1 Å². The van der Waals surface area contributed by atoms with Crippen molar-refractivity contribution in [2.45, 2.75) is 32.5 Å². The van der Waals surface area contributed by atoms with E-state index in [0.29, 0.717) is 12.7 Å². The molecule has 0 amide bonds. The second-order valence-electron chi connectivity index (χ2n) is 5.50. The fourth-order valence-electron chi connectivity index (χ4n) is 2.65. The summed E-state index contributed by atoms with van der Waals surface area (Å²) in [5.74, 6) is 1.03. The second-order valence-corrected chi connectivity index (χ2v) is 5.50. The Kier molecular flexibility index (Phi) is 4.46. The highest BCUT2D eigenvalue weighted by atomic mass is 16.5. The molecule has 2 aromatic rings. The van der Waals surface area contributed by atoms with E-state index in [4.69, 9.17) is 4.74 Å². The molecule has 0 unspecified atom stereocenters. The number of anilines is 1. The van der Waals surface area contributed by atoms with Crippen LogP contribution < -0.4 is 4.90 Å². The lowest BCUT2D eigenvalue weighted by Gasteiger charge is -2.32. The number of hydrogen-bond donors (Lipinski definition) is 0. The van der Waals surface area contributed by atoms with Crippen molar-refractivity contribution in [2.24, 2.45) is 0 Å². The zero-order chi connectivity index (χ0) is 14.5. The van der Waals surface area contributed by atoms with Crippen molar-refractivity contribution in [3.63, 3.8) is 0 Å². The number of nitrogens with zero attached hydrogens (tertiary/aromatic N) is 3. The summed E-state index contributed by atoms with van der Waals surface area (Å²) >= 11 is 0. The molecule has 1 aromatic heterocycles. The van der Waals surface area contributed by atoms with Crippen LogP contribution in [0, 0.1) is 6.92 Å². The summed E-state index contributed by atoms with van der Waals surface area (Å²) in [6.07, 6.45) is 4.10. The van der Waals surface area contributed by atoms with Crippen LogP contribution >= 0.6 is 0 Å². The van der Waals surface area contributed by atoms with E-state index in [-0.39, 0.29) is 0 Å². The Hall–Kier alpha value is -1.94. The minimum absolute atomic E-state index is 0.351. The van der Waals surface area contributed by atoms with Crippen LogP contribution in [0.3, 0.4) is 0 Å². The SMILES string of the molecule is Cc1cc(N2CCC(OCc3ccccc3)CC2)ncn1. The maximum Gasteiger partial charge on any atom is 0.132 e. The van der Waals surface area contributed by atoms with E-state index < -0.39 is 0 Å². The van der Waals surface area contributed by atoms with Crippen molar-refractivity contribution in [3.8, 4) is 0 Å². The Balaban J connectivity index is 1.49. The third-order valence-corrected chi connectivity index (χ3v) is 3.88. The van der Waals surface area contributed by atoms with Crippen LogP contribution in [0.5, 0.6) is 0 Å². The number of ether oxygens (including phenoxy) is 1. The Bertz CT molecular complexity index is 565. The average molecular weight is 283 g/mol. The first-order valence-electron chi connectivity index (χ1n) is 7.50. The van der Waals surface area contributed by atoms with Gasteiger partial charge in [-0.25, -0.2) is 9.97 Å². The molecule has 1 aliphatic heterocycles. The number of piperidine rings is 1. The van der Waals surface area contributed by atoms with Crippen molar-refractivity contribution >= 4 is 5.82 Å². The van der Waals surface area contributed by atoms with Gasteiger partial charge in [-0.2, -0.15) is 0 Å². The molecule has 0 atom stereocenters. The molecule has 0 spiro atoms. The standard InChI is InChI=1S/C17H21N3O/c1-14-11-17(19-13-18-14)20-9-7-16(8-10-20)21-12-15-5-3-2-4-6-15/h2-6,11,13,16H,7-10,12H2,1H3. The van der Waals surface area contributed by atoms with Gasteiger partial charge in [-0.1, -0.05) is 30.3 Å². The monoisotopic (exact) mass is 283 g/mol. The lowest BCUT2D eigenvalue weighted by Crippen LogP contribution is -2.37. The van der Waals surface area contributed by atoms with Gasteiger partial charge in [-0.15, -0.1) is 0 Å². The summed E-state index contributed by atoms with van der Waals surface area (Å²) < 4.78 is 6.02. The van der Waals surface area contributed by atoms with Crippen LogP contribution in [0.1, 0.15) is 24.1 Å². The quantitative estimate of drug-likeness (QED) is 0.864. The van der Waals surface area contributed by atoms with Gasteiger partial charge in [0.2, 0.25) is 0 Å². The van der Waals surface area contributed by atoms with E-state index in [0.717, 1.165) is 37.4 Å². The molecule has 1 aromatic carbocycles. The number of rotatable bonds is 4. The van der Waals surface area contributed by atoms with E-state index in [1.807, 2.05) is 19.1 Å². The van der Waals surface area contributed by atoms with Crippen LogP contribution in [0.15, 0.2) is 42.7 Å². The van der Waals surface area contributed by atoms with Crippen LogP contribution in [-0.2, 0) is 11.3 Å². The van der Waals surface area contributed by atoms with Crippen LogP contribution in [0.25, 0.3) is 0 Å². The normalized spacial score (nSPS) is 16.1. The Morgan fingerprint density at radius 1 is 1.14 bits per heavy atom. The molecule has 1 saturated heterocycles. The van der Waals surface area contributed by atoms with E-state index in [1.165, 1.54) is 5.56 Å². The van der Waals surface area contributed by atoms with Crippen molar-refractivity contribution in [1.82, 2.24) is 9.97 Å². The molecule has 3 rings (SSSR count). The van der Waals surface area contributed by atoms with Gasteiger partial charge < -0.3 is 9.64 Å². The van der Waals surface area contributed by atoms with Crippen molar-refractivity contribution in [2.75, 3.05) is 18.0 Å². The summed E-state index contributed by atoms with van der Waals surface area (Å²) in [7, 11) is 0. The average Bonchev–Trinajstić information content (AvgIpc) is 2.54. The smallest absolute Gasteiger partial charge is 0.132 e. The molecule has 0 bridgehead atoms. The summed E-state index contributed by atoms with van der Waals surface area (Å²) in [6, 6.07) is 12.4. The molecule has 4 nitrogen and oxygen atoms in total. The largest absolute Gasteiger partial charge is 0.373 e. The van der Waals surface area contributed by atoms with Gasteiger partial charge in [0.05, 0.1) is 12.7 Å². The highest BCUT2D eigenvalue weighted by molar-refractivity contribution is 5.39. The molecule has 1 aliphatic rings. The van der Waals surface area contributed by atoms with Crippen molar-refractivity contribution in [3.05, 3.63) is 54.0 Å². The van der Waals surface area contributed by atoms with Crippen LogP contribution in [0.2, 0.25) is 0 Å². The predicted octanol–water partition coefficient (Wildman–Crippen LogP) is 2.97. The minimum Gasteiger partial charge on any atom is -0.373 e. The topological polar surface area (TPSA) is 38.2 Å². The summed E-state index contributed by atoms with van der Waals surface area (Å²) in [5.41, 5.74) is 2.26. The second kappa shape index (κ2) is 6.68. The van der Waals surface area contributed by atoms with E-state index >= 15 is 0 Å². The van der Waals surface area contributed by atoms with Gasteiger partial charge in [0.25, 0.3) is 0 Å². The first-order valence-corrected chi connectivity index (χ1v) is 7.50. The van der Waals surface area contributed by atoms with E-state index in [9.17, 15) is 0 Å². The highest BCUT2D eigenvalue weighted by Gasteiger charge is 2.20. The Morgan fingerprint density at radius 3 is 2.62 bits per heavy atom. The molecular weight excluding hydrogens is 262 g/mol. The molecule has 0 aliphatic carbocycles. The Morgan fingerprint density at radius 2 is 1.90 bits per heavy atom.